The third-order valence-corrected chi connectivity index (χ3v) is 6.93. The van der Waals surface area contributed by atoms with Crippen molar-refractivity contribution >= 4 is 40.0 Å². The molecule has 0 aliphatic carbocycles. The van der Waals surface area contributed by atoms with Crippen molar-refractivity contribution in [2.75, 3.05) is 11.1 Å². The number of carbonyl (C=O) groups is 1. The van der Waals surface area contributed by atoms with Crippen LogP contribution in [0, 0.1) is 5.92 Å². The molecule has 1 N–H and O–H groups in total. The van der Waals surface area contributed by atoms with Crippen LogP contribution in [0.3, 0.4) is 0 Å². The van der Waals surface area contributed by atoms with E-state index in [0.717, 1.165) is 41.6 Å². The van der Waals surface area contributed by atoms with Gasteiger partial charge in [-0.05, 0) is 48.4 Å². The van der Waals surface area contributed by atoms with Crippen LogP contribution in [0.5, 0.6) is 0 Å². The van der Waals surface area contributed by atoms with Crippen LogP contribution in [0.1, 0.15) is 45.2 Å². The summed E-state index contributed by atoms with van der Waals surface area (Å²) in [6, 6.07) is 13.6. The SMILES string of the molecule is CCc1cccc(CC)c1NC(=O)CSc1nnc2n(CCC(C)C)c(=O)c3ccccc3n12. The van der Waals surface area contributed by atoms with Gasteiger partial charge in [0.1, 0.15) is 0 Å². The topological polar surface area (TPSA) is 81.3 Å². The zero-order valence-corrected chi connectivity index (χ0v) is 21.0. The van der Waals surface area contributed by atoms with Crippen LogP contribution in [0.25, 0.3) is 16.7 Å². The van der Waals surface area contributed by atoms with E-state index >= 15 is 0 Å². The van der Waals surface area contributed by atoms with Gasteiger partial charge in [-0.2, -0.15) is 0 Å². The van der Waals surface area contributed by atoms with E-state index in [4.69, 9.17) is 0 Å². The number of aryl methyl sites for hydroxylation is 3. The summed E-state index contributed by atoms with van der Waals surface area (Å²) >= 11 is 1.33. The molecule has 0 aliphatic rings. The highest BCUT2D eigenvalue weighted by Gasteiger charge is 2.18. The third kappa shape index (κ3) is 4.73. The van der Waals surface area contributed by atoms with Crippen molar-refractivity contribution in [3.05, 3.63) is 63.9 Å². The van der Waals surface area contributed by atoms with Crippen LogP contribution in [0.4, 0.5) is 5.69 Å². The van der Waals surface area contributed by atoms with E-state index < -0.39 is 0 Å². The first-order valence-electron chi connectivity index (χ1n) is 11.8. The van der Waals surface area contributed by atoms with E-state index in [-0.39, 0.29) is 17.2 Å². The van der Waals surface area contributed by atoms with Gasteiger partial charge in [-0.1, -0.05) is 69.8 Å². The molecule has 7 nitrogen and oxygen atoms in total. The minimum atomic E-state index is -0.0882. The Morgan fingerprint density at radius 3 is 2.41 bits per heavy atom. The minimum Gasteiger partial charge on any atom is -0.325 e. The molecule has 2 heterocycles. The molecular formula is C26H31N5O2S. The van der Waals surface area contributed by atoms with Gasteiger partial charge in [0.2, 0.25) is 11.7 Å². The Labute approximate surface area is 203 Å². The van der Waals surface area contributed by atoms with Crippen LogP contribution < -0.4 is 10.9 Å². The summed E-state index contributed by atoms with van der Waals surface area (Å²) in [6.07, 6.45) is 2.57. The maximum Gasteiger partial charge on any atom is 0.262 e. The van der Waals surface area contributed by atoms with Crippen molar-refractivity contribution in [1.29, 1.82) is 0 Å². The van der Waals surface area contributed by atoms with Gasteiger partial charge in [0.05, 0.1) is 16.7 Å². The van der Waals surface area contributed by atoms with E-state index in [1.807, 2.05) is 34.7 Å². The summed E-state index contributed by atoms with van der Waals surface area (Å²) in [4.78, 5) is 26.1. The molecule has 178 valence electrons. The number of thioether (sulfide) groups is 1. The van der Waals surface area contributed by atoms with E-state index in [9.17, 15) is 9.59 Å². The molecule has 4 rings (SSSR count). The number of hydrogen-bond donors (Lipinski definition) is 1. The van der Waals surface area contributed by atoms with Gasteiger partial charge >= 0.3 is 0 Å². The number of fused-ring (bicyclic) bond motifs is 3. The summed E-state index contributed by atoms with van der Waals surface area (Å²) in [6.45, 7) is 9.01. The molecule has 4 aromatic rings. The number of benzene rings is 2. The molecule has 0 fully saturated rings. The molecule has 0 unspecified atom stereocenters. The number of rotatable bonds is 9. The normalized spacial score (nSPS) is 11.6. The molecule has 0 saturated heterocycles. The minimum absolute atomic E-state index is 0.0614. The van der Waals surface area contributed by atoms with Gasteiger partial charge in [0.25, 0.3) is 5.56 Å². The number of nitrogens with zero attached hydrogens (tertiary/aromatic N) is 4. The van der Waals surface area contributed by atoms with E-state index in [1.165, 1.54) is 11.8 Å². The van der Waals surface area contributed by atoms with E-state index in [1.54, 1.807) is 4.57 Å². The molecule has 0 atom stereocenters. The second-order valence-corrected chi connectivity index (χ2v) is 9.71. The molecule has 2 aromatic heterocycles. The molecule has 0 bridgehead atoms. The van der Waals surface area contributed by atoms with Gasteiger partial charge in [-0.15, -0.1) is 10.2 Å². The highest BCUT2D eigenvalue weighted by Crippen LogP contribution is 2.25. The first kappa shape index (κ1) is 24.0. The number of para-hydroxylation sites is 2. The summed E-state index contributed by atoms with van der Waals surface area (Å²) < 4.78 is 3.59. The fourth-order valence-corrected chi connectivity index (χ4v) is 4.86. The maximum absolute atomic E-state index is 13.2. The van der Waals surface area contributed by atoms with Crippen LogP contribution in [-0.4, -0.2) is 30.8 Å². The van der Waals surface area contributed by atoms with E-state index in [0.29, 0.717) is 28.8 Å². The van der Waals surface area contributed by atoms with Gasteiger partial charge in [0.15, 0.2) is 5.16 Å². The lowest BCUT2D eigenvalue weighted by atomic mass is 10.0. The zero-order valence-electron chi connectivity index (χ0n) is 20.2. The quantitative estimate of drug-likeness (QED) is 0.345. The van der Waals surface area contributed by atoms with Gasteiger partial charge in [0, 0.05) is 12.2 Å². The van der Waals surface area contributed by atoms with Crippen molar-refractivity contribution in [2.24, 2.45) is 5.92 Å². The number of hydrogen-bond acceptors (Lipinski definition) is 5. The molecule has 8 heteroatoms. The Bertz CT molecular complexity index is 1370. The number of carbonyl (C=O) groups excluding carboxylic acids is 1. The van der Waals surface area contributed by atoms with Gasteiger partial charge in [-0.3, -0.25) is 18.6 Å². The van der Waals surface area contributed by atoms with Gasteiger partial charge in [-0.25, -0.2) is 0 Å². The zero-order chi connectivity index (χ0) is 24.2. The van der Waals surface area contributed by atoms with Crippen LogP contribution in [0.2, 0.25) is 0 Å². The number of aromatic nitrogens is 4. The number of amides is 1. The van der Waals surface area contributed by atoms with E-state index in [2.05, 4.69) is 55.3 Å². The third-order valence-electron chi connectivity index (χ3n) is 6.00. The smallest absolute Gasteiger partial charge is 0.262 e. The highest BCUT2D eigenvalue weighted by molar-refractivity contribution is 7.99. The summed E-state index contributed by atoms with van der Waals surface area (Å²) in [5.41, 5.74) is 3.86. The average molecular weight is 478 g/mol. The van der Waals surface area contributed by atoms with Crippen LogP contribution in [0.15, 0.2) is 52.4 Å². The molecule has 0 saturated carbocycles. The van der Waals surface area contributed by atoms with Crippen molar-refractivity contribution in [3.8, 4) is 0 Å². The fourth-order valence-electron chi connectivity index (χ4n) is 4.12. The molecule has 2 aromatic carbocycles. The van der Waals surface area contributed by atoms with Gasteiger partial charge < -0.3 is 5.32 Å². The van der Waals surface area contributed by atoms with Crippen molar-refractivity contribution < 1.29 is 4.79 Å². The number of nitrogens with one attached hydrogen (secondary N) is 1. The van der Waals surface area contributed by atoms with Crippen LogP contribution in [-0.2, 0) is 24.2 Å². The predicted molar refractivity (Wildman–Crippen MR) is 139 cm³/mol. The molecule has 34 heavy (non-hydrogen) atoms. The average Bonchev–Trinajstić information content (AvgIpc) is 3.26. The standard InChI is InChI=1S/C26H31N5O2S/c1-5-18-10-9-11-19(6-2)23(18)27-22(32)16-34-26-29-28-25-30(15-14-17(3)4)24(33)20-12-7-8-13-21(20)31(25)26/h7-13,17H,5-6,14-16H2,1-4H3,(H,27,32). The predicted octanol–water partition coefficient (Wildman–Crippen LogP) is 4.95. The monoisotopic (exact) mass is 477 g/mol. The number of anilines is 1. The summed E-state index contributed by atoms with van der Waals surface area (Å²) in [5, 5.41) is 13.0. The Kier molecular flexibility index (Phi) is 7.36. The molecule has 0 spiro atoms. The largest absolute Gasteiger partial charge is 0.325 e. The second kappa shape index (κ2) is 10.4. The Morgan fingerprint density at radius 2 is 1.74 bits per heavy atom. The summed E-state index contributed by atoms with van der Waals surface area (Å²) in [7, 11) is 0. The molecule has 1 amide bonds. The molecule has 0 aliphatic heterocycles. The lowest BCUT2D eigenvalue weighted by molar-refractivity contribution is -0.113. The Morgan fingerprint density at radius 1 is 1.03 bits per heavy atom. The van der Waals surface area contributed by atoms with Crippen molar-refractivity contribution in [1.82, 2.24) is 19.2 Å². The lowest BCUT2D eigenvalue weighted by Gasteiger charge is -2.14. The second-order valence-electron chi connectivity index (χ2n) is 8.77. The first-order chi connectivity index (χ1) is 16.4. The first-order valence-corrected chi connectivity index (χ1v) is 12.8. The maximum atomic E-state index is 13.2. The highest BCUT2D eigenvalue weighted by atomic mass is 32.2. The Balaban J connectivity index is 1.65. The lowest BCUT2D eigenvalue weighted by Crippen LogP contribution is -2.24. The fraction of sp³-hybridized carbons (Fsp3) is 0.385. The van der Waals surface area contributed by atoms with Crippen LogP contribution >= 0.6 is 11.8 Å². The molecule has 0 radical (unpaired) electrons. The van der Waals surface area contributed by atoms with Crippen molar-refractivity contribution in [3.63, 3.8) is 0 Å². The molecular weight excluding hydrogens is 446 g/mol. The Hall–Kier alpha value is -3.13. The van der Waals surface area contributed by atoms with Crippen molar-refractivity contribution in [2.45, 2.75) is 58.7 Å². The summed E-state index contributed by atoms with van der Waals surface area (Å²) in [5.74, 6) is 1.08.